The number of carbonyl (C=O) groups excluding carboxylic acids is 1. The van der Waals surface area contributed by atoms with Crippen molar-refractivity contribution < 1.29 is 4.79 Å². The van der Waals surface area contributed by atoms with Gasteiger partial charge in [0.1, 0.15) is 0 Å². The molecule has 1 aromatic rings. The molecule has 2 rings (SSSR count). The Morgan fingerprint density at radius 2 is 2.43 bits per heavy atom. The maximum atomic E-state index is 10.7. The Labute approximate surface area is 83.0 Å². The second-order valence-electron chi connectivity index (χ2n) is 4.01. The maximum absolute atomic E-state index is 10.7. The Kier molecular flexibility index (Phi) is 2.12. The number of nitrogens with zero attached hydrogens (tertiary/aromatic N) is 2. The van der Waals surface area contributed by atoms with E-state index in [0.717, 1.165) is 25.7 Å². The van der Waals surface area contributed by atoms with Gasteiger partial charge in [-0.2, -0.15) is 5.26 Å². The van der Waals surface area contributed by atoms with E-state index in [1.54, 1.807) is 6.07 Å². The zero-order valence-corrected chi connectivity index (χ0v) is 7.94. The maximum Gasteiger partial charge on any atom is 0.166 e. The normalized spacial score (nSPS) is 17.4. The summed E-state index contributed by atoms with van der Waals surface area (Å²) in [5.41, 5.74) is 0.861. The lowest BCUT2D eigenvalue weighted by atomic mass is 10.0. The second kappa shape index (κ2) is 3.30. The molecule has 0 aliphatic heterocycles. The molecule has 0 unspecified atom stereocenters. The average molecular weight is 188 g/mol. The largest absolute Gasteiger partial charge is 0.345 e. The zero-order valence-electron chi connectivity index (χ0n) is 7.94. The van der Waals surface area contributed by atoms with E-state index >= 15 is 0 Å². The van der Waals surface area contributed by atoms with E-state index in [4.69, 9.17) is 5.26 Å². The van der Waals surface area contributed by atoms with Crippen molar-refractivity contribution in [1.82, 2.24) is 4.57 Å². The Morgan fingerprint density at radius 1 is 1.64 bits per heavy atom. The average Bonchev–Trinajstić information content (AvgIpc) is 2.79. The monoisotopic (exact) mass is 188 g/mol. The molecule has 1 heterocycles. The summed E-state index contributed by atoms with van der Waals surface area (Å²) < 4.78 is 1.94. The molecule has 3 nitrogen and oxygen atoms in total. The Bertz CT molecular complexity index is 382. The van der Waals surface area contributed by atoms with Crippen LogP contribution in [0.1, 0.15) is 29.8 Å². The third-order valence-electron chi connectivity index (χ3n) is 2.90. The number of hydrogen-bond donors (Lipinski definition) is 0. The van der Waals surface area contributed by atoms with Crippen LogP contribution in [0.25, 0.3) is 0 Å². The molecule has 0 aromatic carbocycles. The van der Waals surface area contributed by atoms with Crippen LogP contribution in [-0.4, -0.2) is 10.9 Å². The lowest BCUT2D eigenvalue weighted by Crippen LogP contribution is -2.12. The van der Waals surface area contributed by atoms with E-state index in [1.165, 1.54) is 0 Å². The highest BCUT2D eigenvalue weighted by molar-refractivity contribution is 5.72. The topological polar surface area (TPSA) is 45.8 Å². The summed E-state index contributed by atoms with van der Waals surface area (Å²) >= 11 is 0. The van der Waals surface area contributed by atoms with Crippen molar-refractivity contribution in [3.63, 3.8) is 0 Å². The molecule has 3 heteroatoms. The van der Waals surface area contributed by atoms with Gasteiger partial charge in [0.2, 0.25) is 0 Å². The highest BCUT2D eigenvalue weighted by Gasteiger charge is 2.42. The van der Waals surface area contributed by atoms with Gasteiger partial charge in [0, 0.05) is 24.6 Å². The summed E-state index contributed by atoms with van der Waals surface area (Å²) in [6.07, 6.45) is 5.58. The molecule has 1 fully saturated rings. The quantitative estimate of drug-likeness (QED) is 0.678. The van der Waals surface area contributed by atoms with Crippen LogP contribution in [0.3, 0.4) is 0 Å². The Balaban J connectivity index is 2.11. The molecule has 0 saturated heterocycles. The minimum Gasteiger partial charge on any atom is -0.345 e. The van der Waals surface area contributed by atoms with Gasteiger partial charge in [-0.05, 0) is 25.0 Å². The van der Waals surface area contributed by atoms with E-state index < -0.39 is 0 Å². The van der Waals surface area contributed by atoms with Crippen LogP contribution >= 0.6 is 0 Å². The first-order chi connectivity index (χ1) is 6.79. The van der Waals surface area contributed by atoms with E-state index in [0.29, 0.717) is 12.1 Å². The Morgan fingerprint density at radius 3 is 3.00 bits per heavy atom. The second-order valence-corrected chi connectivity index (χ2v) is 4.01. The third kappa shape index (κ3) is 1.56. The molecular weight excluding hydrogens is 176 g/mol. The molecule has 1 aliphatic carbocycles. The van der Waals surface area contributed by atoms with Crippen molar-refractivity contribution in [2.45, 2.75) is 25.8 Å². The van der Waals surface area contributed by atoms with Gasteiger partial charge in [0.15, 0.2) is 6.29 Å². The van der Waals surface area contributed by atoms with Crippen LogP contribution in [0.5, 0.6) is 0 Å². The van der Waals surface area contributed by atoms with E-state index in [1.807, 2.05) is 16.8 Å². The molecule has 72 valence electrons. The molecule has 0 amide bonds. The summed E-state index contributed by atoms with van der Waals surface area (Å²) in [6, 6.07) is 5.89. The van der Waals surface area contributed by atoms with Crippen molar-refractivity contribution in [3.05, 3.63) is 24.0 Å². The molecule has 1 aliphatic rings. The van der Waals surface area contributed by atoms with Crippen molar-refractivity contribution in [2.24, 2.45) is 5.41 Å². The SMILES string of the molecule is N#CCC1(Cn2cccc2C=O)CC1. The summed E-state index contributed by atoms with van der Waals surface area (Å²) in [5.74, 6) is 0. The Hall–Kier alpha value is -1.56. The molecule has 0 bridgehead atoms. The van der Waals surface area contributed by atoms with Gasteiger partial charge >= 0.3 is 0 Å². The van der Waals surface area contributed by atoms with Crippen molar-refractivity contribution in [2.75, 3.05) is 0 Å². The van der Waals surface area contributed by atoms with Crippen LogP contribution in [0.2, 0.25) is 0 Å². The molecule has 0 spiro atoms. The molecule has 0 radical (unpaired) electrons. The lowest BCUT2D eigenvalue weighted by Gasteiger charge is -2.13. The summed E-state index contributed by atoms with van der Waals surface area (Å²) in [7, 11) is 0. The number of rotatable bonds is 4. The minimum absolute atomic E-state index is 0.158. The fraction of sp³-hybridized carbons (Fsp3) is 0.455. The van der Waals surface area contributed by atoms with Crippen LogP contribution in [0, 0.1) is 16.7 Å². The van der Waals surface area contributed by atoms with Crippen LogP contribution in [0.15, 0.2) is 18.3 Å². The molecule has 0 atom stereocenters. The first kappa shape index (κ1) is 9.01. The number of hydrogen-bond acceptors (Lipinski definition) is 2. The molecule has 14 heavy (non-hydrogen) atoms. The van der Waals surface area contributed by atoms with Crippen LogP contribution in [0.4, 0.5) is 0 Å². The lowest BCUT2D eigenvalue weighted by molar-refractivity contribution is 0.111. The smallest absolute Gasteiger partial charge is 0.166 e. The summed E-state index contributed by atoms with van der Waals surface area (Å²) in [4.78, 5) is 10.7. The number of nitriles is 1. The van der Waals surface area contributed by atoms with E-state index in [9.17, 15) is 4.79 Å². The first-order valence-electron chi connectivity index (χ1n) is 4.77. The van der Waals surface area contributed by atoms with Gasteiger partial charge < -0.3 is 4.57 Å². The highest BCUT2D eigenvalue weighted by atomic mass is 16.1. The van der Waals surface area contributed by atoms with Crippen LogP contribution < -0.4 is 0 Å². The van der Waals surface area contributed by atoms with Gasteiger partial charge in [0.25, 0.3) is 0 Å². The van der Waals surface area contributed by atoms with E-state index in [2.05, 4.69) is 6.07 Å². The molecule has 1 aromatic heterocycles. The fourth-order valence-corrected chi connectivity index (χ4v) is 1.77. The molecule has 0 N–H and O–H groups in total. The third-order valence-corrected chi connectivity index (χ3v) is 2.90. The molecule has 1 saturated carbocycles. The predicted octanol–water partition coefficient (Wildman–Crippen LogP) is 1.99. The zero-order chi connectivity index (χ0) is 10.0. The minimum atomic E-state index is 0.158. The van der Waals surface area contributed by atoms with Crippen LogP contribution in [-0.2, 0) is 6.54 Å². The number of aldehydes is 1. The fourth-order valence-electron chi connectivity index (χ4n) is 1.77. The van der Waals surface area contributed by atoms with Gasteiger partial charge in [0.05, 0.1) is 11.8 Å². The molecular formula is C11H12N2O. The van der Waals surface area contributed by atoms with Gasteiger partial charge in [-0.3, -0.25) is 4.79 Å². The summed E-state index contributed by atoms with van der Waals surface area (Å²) in [6.45, 7) is 0.807. The van der Waals surface area contributed by atoms with Crippen molar-refractivity contribution in [3.8, 4) is 6.07 Å². The van der Waals surface area contributed by atoms with E-state index in [-0.39, 0.29) is 5.41 Å². The van der Waals surface area contributed by atoms with Gasteiger partial charge in [-0.1, -0.05) is 0 Å². The standard InChI is InChI=1S/C11H12N2O/c12-6-5-11(3-4-11)9-13-7-1-2-10(13)8-14/h1-2,7-8H,3-5,9H2. The first-order valence-corrected chi connectivity index (χ1v) is 4.77. The number of carbonyl (C=O) groups is 1. The van der Waals surface area contributed by atoms with Crippen molar-refractivity contribution in [1.29, 1.82) is 5.26 Å². The number of aromatic nitrogens is 1. The van der Waals surface area contributed by atoms with Crippen molar-refractivity contribution >= 4 is 6.29 Å². The van der Waals surface area contributed by atoms with Gasteiger partial charge in [-0.25, -0.2) is 0 Å². The highest BCUT2D eigenvalue weighted by Crippen LogP contribution is 2.50. The predicted molar refractivity (Wildman–Crippen MR) is 51.7 cm³/mol. The van der Waals surface area contributed by atoms with Gasteiger partial charge in [-0.15, -0.1) is 0 Å². The summed E-state index contributed by atoms with van der Waals surface area (Å²) in [5, 5.41) is 8.67.